The van der Waals surface area contributed by atoms with E-state index >= 15 is 0 Å². The molecule has 110 valence electrons. The molecule has 0 aliphatic carbocycles. The van der Waals surface area contributed by atoms with E-state index in [1.165, 1.54) is 14.2 Å². The van der Waals surface area contributed by atoms with Crippen molar-refractivity contribution in [2.24, 2.45) is 0 Å². The minimum Gasteiger partial charge on any atom is -0.469 e. The number of rotatable bonds is 5. The molecule has 0 heterocycles. The van der Waals surface area contributed by atoms with Crippen LogP contribution in [-0.2, 0) is 23.8 Å². The maximum atomic E-state index is 11.9. The normalized spacial score (nSPS) is 12.3. The maximum absolute atomic E-state index is 11.9. The largest absolute Gasteiger partial charge is 0.469 e. The number of carbonyl (C=O) groups excluding carboxylic acids is 3. The van der Waals surface area contributed by atoms with Crippen molar-refractivity contribution in [3.8, 4) is 0 Å². The van der Waals surface area contributed by atoms with Crippen molar-refractivity contribution in [3.05, 3.63) is 0 Å². The molecule has 7 heteroatoms. The molecular weight excluding hydrogens is 254 g/mol. The van der Waals surface area contributed by atoms with Gasteiger partial charge >= 0.3 is 18.0 Å². The van der Waals surface area contributed by atoms with Gasteiger partial charge in [-0.15, -0.1) is 0 Å². The highest BCUT2D eigenvalue weighted by Gasteiger charge is 2.27. The minimum atomic E-state index is -0.953. The van der Waals surface area contributed by atoms with Crippen molar-refractivity contribution in [1.82, 2.24) is 5.32 Å². The average Bonchev–Trinajstić information content (AvgIpc) is 2.31. The summed E-state index contributed by atoms with van der Waals surface area (Å²) in [6.45, 7) is 5.13. The van der Waals surface area contributed by atoms with Crippen LogP contribution in [0.4, 0.5) is 4.79 Å². The van der Waals surface area contributed by atoms with Crippen LogP contribution in [0.25, 0.3) is 0 Å². The Balaban J connectivity index is 4.61. The van der Waals surface area contributed by atoms with Gasteiger partial charge in [-0.3, -0.25) is 4.79 Å². The van der Waals surface area contributed by atoms with Gasteiger partial charge in [0.25, 0.3) is 0 Å². The minimum absolute atomic E-state index is 0.00952. The van der Waals surface area contributed by atoms with Gasteiger partial charge in [0.1, 0.15) is 11.6 Å². The topological polar surface area (TPSA) is 90.9 Å². The molecule has 0 aromatic rings. The van der Waals surface area contributed by atoms with Crippen molar-refractivity contribution in [3.63, 3.8) is 0 Å². The first kappa shape index (κ1) is 17.2. The van der Waals surface area contributed by atoms with E-state index in [1.807, 2.05) is 0 Å². The molecule has 0 spiro atoms. The molecule has 0 radical (unpaired) electrons. The summed E-state index contributed by atoms with van der Waals surface area (Å²) < 4.78 is 14.0. The Labute approximate surface area is 112 Å². The van der Waals surface area contributed by atoms with Crippen LogP contribution < -0.4 is 5.32 Å². The molecule has 1 atom stereocenters. The lowest BCUT2D eigenvalue weighted by Crippen LogP contribution is -2.44. The Morgan fingerprint density at radius 1 is 1.11 bits per heavy atom. The maximum Gasteiger partial charge on any atom is 0.407 e. The second kappa shape index (κ2) is 7.60. The third-order valence-electron chi connectivity index (χ3n) is 2.03. The van der Waals surface area contributed by atoms with E-state index < -0.39 is 29.7 Å². The predicted octanol–water partition coefficient (Wildman–Crippen LogP) is 1.01. The van der Waals surface area contributed by atoms with E-state index in [1.54, 1.807) is 20.8 Å². The first-order valence-corrected chi connectivity index (χ1v) is 5.83. The van der Waals surface area contributed by atoms with Crippen molar-refractivity contribution in [2.75, 3.05) is 14.2 Å². The van der Waals surface area contributed by atoms with Gasteiger partial charge < -0.3 is 19.5 Å². The highest BCUT2D eigenvalue weighted by atomic mass is 16.6. The zero-order valence-corrected chi connectivity index (χ0v) is 11.9. The van der Waals surface area contributed by atoms with Gasteiger partial charge in [-0.2, -0.15) is 0 Å². The Kier molecular flexibility index (Phi) is 6.89. The predicted molar refractivity (Wildman–Crippen MR) is 66.4 cm³/mol. The van der Waals surface area contributed by atoms with E-state index in [0.29, 0.717) is 0 Å². The zero-order valence-electron chi connectivity index (χ0n) is 11.9. The van der Waals surface area contributed by atoms with Crippen LogP contribution in [0.3, 0.4) is 0 Å². The Morgan fingerprint density at radius 3 is 2.11 bits per heavy atom. The third-order valence-corrected chi connectivity index (χ3v) is 2.03. The van der Waals surface area contributed by atoms with Gasteiger partial charge in [-0.25, -0.2) is 9.59 Å². The van der Waals surface area contributed by atoms with Crippen LogP contribution in [0, 0.1) is 0 Å². The van der Waals surface area contributed by atoms with Gasteiger partial charge in [0.05, 0.1) is 14.2 Å². The van der Waals surface area contributed by atoms with E-state index in [2.05, 4.69) is 14.8 Å². The number of esters is 2. The van der Waals surface area contributed by atoms with Gasteiger partial charge in [0, 0.05) is 6.42 Å². The number of carbonyl (C=O) groups is 3. The number of alkyl carbamates (subject to hydrolysis) is 1. The van der Waals surface area contributed by atoms with Gasteiger partial charge in [0.15, 0.2) is 0 Å². The molecule has 0 aromatic heterocycles. The lowest BCUT2D eigenvalue weighted by atomic mass is 10.1. The van der Waals surface area contributed by atoms with Crippen LogP contribution in [0.2, 0.25) is 0 Å². The quantitative estimate of drug-likeness (QED) is 0.594. The molecule has 0 saturated carbocycles. The molecule has 0 rings (SSSR count). The molecule has 1 N–H and O–H groups in total. The van der Waals surface area contributed by atoms with Gasteiger partial charge in [-0.1, -0.05) is 0 Å². The van der Waals surface area contributed by atoms with Crippen molar-refractivity contribution in [2.45, 2.75) is 45.3 Å². The monoisotopic (exact) mass is 275 g/mol. The summed E-state index contributed by atoms with van der Waals surface area (Å²) in [5.41, 5.74) is -0.682. The first-order valence-electron chi connectivity index (χ1n) is 5.83. The van der Waals surface area contributed by atoms with Crippen molar-refractivity contribution in [1.29, 1.82) is 0 Å². The molecule has 0 saturated heterocycles. The van der Waals surface area contributed by atoms with Crippen LogP contribution in [0.1, 0.15) is 33.6 Å². The molecule has 7 nitrogen and oxygen atoms in total. The fraction of sp³-hybridized carbons (Fsp3) is 0.750. The average molecular weight is 275 g/mol. The molecule has 0 fully saturated rings. The fourth-order valence-corrected chi connectivity index (χ4v) is 1.19. The van der Waals surface area contributed by atoms with Gasteiger partial charge in [0.2, 0.25) is 0 Å². The SMILES string of the molecule is COC(=O)CCC(NC(=O)OC)C(=O)OC(C)(C)C. The van der Waals surface area contributed by atoms with Crippen molar-refractivity contribution >= 4 is 18.0 Å². The van der Waals surface area contributed by atoms with E-state index in [4.69, 9.17) is 4.74 Å². The number of nitrogens with one attached hydrogen (secondary N) is 1. The van der Waals surface area contributed by atoms with E-state index in [0.717, 1.165) is 0 Å². The molecule has 1 unspecified atom stereocenters. The van der Waals surface area contributed by atoms with E-state index in [9.17, 15) is 14.4 Å². The summed E-state index contributed by atoms with van der Waals surface area (Å²) >= 11 is 0. The number of amides is 1. The number of ether oxygens (including phenoxy) is 3. The van der Waals surface area contributed by atoms with Crippen LogP contribution in [-0.4, -0.2) is 43.9 Å². The smallest absolute Gasteiger partial charge is 0.407 e. The highest BCUT2D eigenvalue weighted by Crippen LogP contribution is 2.11. The Bertz CT molecular complexity index is 334. The van der Waals surface area contributed by atoms with Crippen molar-refractivity contribution < 1.29 is 28.6 Å². The Hall–Kier alpha value is -1.79. The highest BCUT2D eigenvalue weighted by molar-refractivity contribution is 5.82. The van der Waals surface area contributed by atoms with Crippen LogP contribution in [0.15, 0.2) is 0 Å². The Morgan fingerprint density at radius 2 is 1.68 bits per heavy atom. The fourth-order valence-electron chi connectivity index (χ4n) is 1.19. The lowest BCUT2D eigenvalue weighted by molar-refractivity contribution is -0.157. The standard InChI is InChI=1S/C12H21NO6/c1-12(2,3)19-10(15)8(13-11(16)18-5)6-7-9(14)17-4/h8H,6-7H2,1-5H3,(H,13,16). The van der Waals surface area contributed by atoms with Crippen LogP contribution >= 0.6 is 0 Å². The summed E-state index contributed by atoms with van der Waals surface area (Å²) in [7, 11) is 2.43. The summed E-state index contributed by atoms with van der Waals surface area (Å²) in [5, 5.41) is 2.33. The summed E-state index contributed by atoms with van der Waals surface area (Å²) in [5.74, 6) is -1.10. The van der Waals surface area contributed by atoms with E-state index in [-0.39, 0.29) is 12.8 Å². The summed E-state index contributed by atoms with van der Waals surface area (Å²) in [6, 6.07) is -0.953. The van der Waals surface area contributed by atoms with Crippen LogP contribution in [0.5, 0.6) is 0 Å². The summed E-state index contributed by atoms with van der Waals surface area (Å²) in [4.78, 5) is 34.1. The van der Waals surface area contributed by atoms with Gasteiger partial charge in [-0.05, 0) is 27.2 Å². The molecule has 1 amide bonds. The molecular formula is C12H21NO6. The lowest BCUT2D eigenvalue weighted by Gasteiger charge is -2.24. The number of methoxy groups -OCH3 is 2. The second-order valence-corrected chi connectivity index (χ2v) is 4.84. The first-order chi connectivity index (χ1) is 8.69. The molecule has 0 bridgehead atoms. The molecule has 0 aliphatic rings. The zero-order chi connectivity index (χ0) is 15.1. The second-order valence-electron chi connectivity index (χ2n) is 4.84. The summed E-state index contributed by atoms with van der Waals surface area (Å²) in [6.07, 6.45) is -0.693. The number of hydrogen-bond acceptors (Lipinski definition) is 6. The third kappa shape index (κ3) is 8.01. The molecule has 19 heavy (non-hydrogen) atoms. The number of hydrogen-bond donors (Lipinski definition) is 1. The molecule has 0 aliphatic heterocycles. The molecule has 0 aromatic carbocycles.